The second kappa shape index (κ2) is 9.37. The third-order valence-corrected chi connectivity index (χ3v) is 5.77. The largest absolute Gasteiger partial charge is 0.376 e. The van der Waals surface area contributed by atoms with Gasteiger partial charge in [0.05, 0.1) is 12.1 Å². The monoisotopic (exact) mass is 389 g/mol. The first kappa shape index (κ1) is 20.6. The maximum absolute atomic E-state index is 12.8. The SMILES string of the molecule is CCCO[C@@H]1CC[C@H](C(=O)N2CCCC2)C[C@H]1NC(=O)c1ccn(C)c(=O)c1. The summed E-state index contributed by atoms with van der Waals surface area (Å²) in [5, 5.41) is 3.03. The van der Waals surface area contributed by atoms with Gasteiger partial charge in [-0.15, -0.1) is 0 Å². The number of ether oxygens (including phenoxy) is 1. The smallest absolute Gasteiger partial charge is 0.251 e. The third-order valence-electron chi connectivity index (χ3n) is 5.77. The number of nitrogens with one attached hydrogen (secondary N) is 1. The van der Waals surface area contributed by atoms with Gasteiger partial charge in [-0.25, -0.2) is 0 Å². The molecule has 0 aromatic carbocycles. The molecule has 154 valence electrons. The van der Waals surface area contributed by atoms with Crippen LogP contribution < -0.4 is 10.9 Å². The van der Waals surface area contributed by atoms with Gasteiger partial charge >= 0.3 is 0 Å². The summed E-state index contributed by atoms with van der Waals surface area (Å²) in [6, 6.07) is 2.75. The van der Waals surface area contributed by atoms with Crippen molar-refractivity contribution in [2.45, 2.75) is 57.6 Å². The van der Waals surface area contributed by atoms with Gasteiger partial charge in [-0.05, 0) is 44.6 Å². The van der Waals surface area contributed by atoms with Gasteiger partial charge in [-0.1, -0.05) is 6.92 Å². The van der Waals surface area contributed by atoms with Gasteiger partial charge < -0.3 is 19.5 Å². The summed E-state index contributed by atoms with van der Waals surface area (Å²) in [7, 11) is 1.65. The Bertz CT molecular complexity index is 754. The molecule has 2 aliphatic rings. The Hall–Kier alpha value is -2.15. The van der Waals surface area contributed by atoms with E-state index >= 15 is 0 Å². The highest BCUT2D eigenvalue weighted by molar-refractivity contribution is 5.94. The van der Waals surface area contributed by atoms with Crippen LogP contribution in [0.15, 0.2) is 23.1 Å². The van der Waals surface area contributed by atoms with Gasteiger partial charge in [-0.3, -0.25) is 14.4 Å². The van der Waals surface area contributed by atoms with Crippen molar-refractivity contribution in [3.63, 3.8) is 0 Å². The van der Waals surface area contributed by atoms with Crippen molar-refractivity contribution in [2.75, 3.05) is 19.7 Å². The van der Waals surface area contributed by atoms with Gasteiger partial charge in [0.1, 0.15) is 0 Å². The molecule has 3 atom stereocenters. The molecule has 0 unspecified atom stereocenters. The molecule has 2 fully saturated rings. The Labute approximate surface area is 166 Å². The lowest BCUT2D eigenvalue weighted by atomic mass is 9.82. The summed E-state index contributed by atoms with van der Waals surface area (Å²) in [5.41, 5.74) is 0.113. The zero-order valence-electron chi connectivity index (χ0n) is 16.9. The maximum Gasteiger partial charge on any atom is 0.251 e. The Kier molecular flexibility index (Phi) is 6.88. The number of likely N-dealkylation sites (tertiary alicyclic amines) is 1. The molecule has 1 saturated heterocycles. The number of hydrogen-bond donors (Lipinski definition) is 1. The number of rotatable bonds is 6. The molecule has 1 saturated carbocycles. The quantitative estimate of drug-likeness (QED) is 0.803. The Morgan fingerprint density at radius 2 is 2.00 bits per heavy atom. The minimum atomic E-state index is -0.290. The van der Waals surface area contributed by atoms with E-state index in [1.807, 2.05) is 4.90 Å². The molecule has 1 N–H and O–H groups in total. The van der Waals surface area contributed by atoms with Crippen LogP contribution in [0.3, 0.4) is 0 Å². The molecule has 1 aromatic heterocycles. The van der Waals surface area contributed by atoms with E-state index in [0.717, 1.165) is 45.2 Å². The number of hydrogen-bond acceptors (Lipinski definition) is 4. The minimum absolute atomic E-state index is 0.0754. The van der Waals surface area contributed by atoms with Crippen LogP contribution in [0.2, 0.25) is 0 Å². The molecular weight excluding hydrogens is 358 g/mol. The Balaban J connectivity index is 1.70. The Morgan fingerprint density at radius 1 is 1.25 bits per heavy atom. The lowest BCUT2D eigenvalue weighted by Crippen LogP contribution is -2.51. The number of carbonyl (C=O) groups is 2. The van der Waals surface area contributed by atoms with Crippen LogP contribution in [0.5, 0.6) is 0 Å². The summed E-state index contributed by atoms with van der Waals surface area (Å²) in [6.07, 6.45) is 6.67. The van der Waals surface area contributed by atoms with E-state index in [-0.39, 0.29) is 35.4 Å². The van der Waals surface area contributed by atoms with Crippen LogP contribution in [-0.4, -0.2) is 53.1 Å². The average Bonchev–Trinajstić information content (AvgIpc) is 3.23. The van der Waals surface area contributed by atoms with Crippen LogP contribution in [-0.2, 0) is 16.6 Å². The fourth-order valence-electron chi connectivity index (χ4n) is 4.12. The lowest BCUT2D eigenvalue weighted by molar-refractivity contribution is -0.137. The molecule has 2 heterocycles. The van der Waals surface area contributed by atoms with Gasteiger partial charge in [0, 0.05) is 50.5 Å². The molecule has 0 spiro atoms. The third kappa shape index (κ3) is 4.82. The number of amides is 2. The van der Waals surface area contributed by atoms with Crippen LogP contribution in [0.4, 0.5) is 0 Å². The van der Waals surface area contributed by atoms with Gasteiger partial charge in [-0.2, -0.15) is 0 Å². The van der Waals surface area contributed by atoms with Crippen molar-refractivity contribution in [3.8, 4) is 0 Å². The molecule has 1 aromatic rings. The highest BCUT2D eigenvalue weighted by Crippen LogP contribution is 2.29. The van der Waals surface area contributed by atoms with Gasteiger partial charge in [0.15, 0.2) is 0 Å². The van der Waals surface area contributed by atoms with Gasteiger partial charge in [0.25, 0.3) is 11.5 Å². The molecule has 7 heteroatoms. The highest BCUT2D eigenvalue weighted by atomic mass is 16.5. The first-order valence-electron chi connectivity index (χ1n) is 10.4. The van der Waals surface area contributed by atoms with E-state index in [4.69, 9.17) is 4.74 Å². The number of aromatic nitrogens is 1. The second-order valence-electron chi connectivity index (χ2n) is 7.90. The van der Waals surface area contributed by atoms with Crippen molar-refractivity contribution in [1.82, 2.24) is 14.8 Å². The van der Waals surface area contributed by atoms with E-state index < -0.39 is 0 Å². The normalized spacial score (nSPS) is 24.9. The topological polar surface area (TPSA) is 80.6 Å². The number of nitrogens with zero attached hydrogens (tertiary/aromatic N) is 2. The predicted molar refractivity (Wildman–Crippen MR) is 106 cm³/mol. The molecule has 0 bridgehead atoms. The van der Waals surface area contributed by atoms with Crippen molar-refractivity contribution >= 4 is 11.8 Å². The van der Waals surface area contributed by atoms with Crippen molar-refractivity contribution in [1.29, 1.82) is 0 Å². The zero-order valence-corrected chi connectivity index (χ0v) is 16.9. The molecule has 28 heavy (non-hydrogen) atoms. The number of aryl methyl sites for hydroxylation is 1. The van der Waals surface area contributed by atoms with Crippen molar-refractivity contribution in [3.05, 3.63) is 34.2 Å². The molecule has 1 aliphatic heterocycles. The summed E-state index contributed by atoms with van der Waals surface area (Å²) in [6.45, 7) is 4.37. The molecule has 0 radical (unpaired) electrons. The molecule has 1 aliphatic carbocycles. The molecule has 2 amide bonds. The van der Waals surface area contributed by atoms with Crippen LogP contribution >= 0.6 is 0 Å². The zero-order chi connectivity index (χ0) is 20.1. The van der Waals surface area contributed by atoms with E-state index in [9.17, 15) is 14.4 Å². The standard InChI is InChI=1S/C21H31N3O4/c1-3-12-28-18-7-6-16(21(27)24-9-4-5-10-24)13-17(18)22-20(26)15-8-11-23(2)19(25)14-15/h8,11,14,16-18H,3-7,9-10,12-13H2,1-2H3,(H,22,26)/t16-,17+,18+/m0/s1. The fourth-order valence-corrected chi connectivity index (χ4v) is 4.12. The summed E-state index contributed by atoms with van der Waals surface area (Å²) >= 11 is 0. The lowest BCUT2D eigenvalue weighted by Gasteiger charge is -2.37. The maximum atomic E-state index is 12.8. The first-order valence-corrected chi connectivity index (χ1v) is 10.4. The van der Waals surface area contributed by atoms with E-state index in [2.05, 4.69) is 12.2 Å². The van der Waals surface area contributed by atoms with Crippen LogP contribution in [0.25, 0.3) is 0 Å². The fraction of sp³-hybridized carbons (Fsp3) is 0.667. The second-order valence-corrected chi connectivity index (χ2v) is 7.90. The van der Waals surface area contributed by atoms with Gasteiger partial charge in [0.2, 0.25) is 5.91 Å². The first-order chi connectivity index (χ1) is 13.5. The number of carbonyl (C=O) groups excluding carboxylic acids is 2. The van der Waals surface area contributed by atoms with Crippen LogP contribution in [0.1, 0.15) is 55.8 Å². The van der Waals surface area contributed by atoms with Crippen LogP contribution in [0, 0.1) is 5.92 Å². The number of pyridine rings is 1. The van der Waals surface area contributed by atoms with Crippen molar-refractivity contribution in [2.24, 2.45) is 13.0 Å². The molecular formula is C21H31N3O4. The predicted octanol–water partition coefficient (Wildman–Crippen LogP) is 1.70. The molecule has 7 nitrogen and oxygen atoms in total. The minimum Gasteiger partial charge on any atom is -0.376 e. The summed E-state index contributed by atoms with van der Waals surface area (Å²) < 4.78 is 7.40. The summed E-state index contributed by atoms with van der Waals surface area (Å²) in [5.74, 6) is -0.158. The Morgan fingerprint density at radius 3 is 2.68 bits per heavy atom. The average molecular weight is 389 g/mol. The van der Waals surface area contributed by atoms with Crippen molar-refractivity contribution < 1.29 is 14.3 Å². The van der Waals surface area contributed by atoms with E-state index in [0.29, 0.717) is 18.6 Å². The summed E-state index contributed by atoms with van der Waals surface area (Å²) in [4.78, 5) is 39.3. The highest BCUT2D eigenvalue weighted by Gasteiger charge is 2.37. The van der Waals surface area contributed by atoms with E-state index in [1.54, 1.807) is 19.3 Å². The van der Waals surface area contributed by atoms with E-state index in [1.165, 1.54) is 10.6 Å². The molecule has 3 rings (SSSR count).